The number of rotatable bonds is 0. The number of amides is 2. The van der Waals surface area contributed by atoms with Crippen LogP contribution in [0.4, 0.5) is 4.79 Å². The van der Waals surface area contributed by atoms with Crippen LogP contribution < -0.4 is 5.32 Å². The van der Waals surface area contributed by atoms with Crippen molar-refractivity contribution in [2.45, 2.75) is 58.5 Å². The topological polar surface area (TPSA) is 58.6 Å². The van der Waals surface area contributed by atoms with Gasteiger partial charge in [-0.2, -0.15) is 0 Å². The van der Waals surface area contributed by atoms with Crippen molar-refractivity contribution in [2.75, 3.05) is 19.6 Å². The molecule has 2 aliphatic heterocycles. The lowest BCUT2D eigenvalue weighted by Crippen LogP contribution is -2.40. The van der Waals surface area contributed by atoms with Gasteiger partial charge < -0.3 is 15.0 Å². The zero-order chi connectivity index (χ0) is 14.8. The Morgan fingerprint density at radius 2 is 1.85 bits per heavy atom. The van der Waals surface area contributed by atoms with E-state index in [9.17, 15) is 9.59 Å². The average molecular weight is 282 g/mol. The maximum absolute atomic E-state index is 12.1. The van der Waals surface area contributed by atoms with Gasteiger partial charge in [0.15, 0.2) is 0 Å². The molecule has 0 saturated carbocycles. The van der Waals surface area contributed by atoms with Crippen LogP contribution in [-0.2, 0) is 9.53 Å². The molecule has 2 saturated heterocycles. The van der Waals surface area contributed by atoms with Crippen molar-refractivity contribution in [3.8, 4) is 0 Å². The van der Waals surface area contributed by atoms with E-state index >= 15 is 0 Å². The minimum Gasteiger partial charge on any atom is -0.444 e. The second-order valence-electron chi connectivity index (χ2n) is 7.13. The fourth-order valence-corrected chi connectivity index (χ4v) is 3.14. The summed E-state index contributed by atoms with van der Waals surface area (Å²) in [5.41, 5.74) is -0.306. The van der Waals surface area contributed by atoms with Crippen LogP contribution in [0.1, 0.15) is 52.9 Å². The maximum Gasteiger partial charge on any atom is 0.410 e. The predicted octanol–water partition coefficient (Wildman–Crippen LogP) is 2.30. The Bertz CT molecular complexity index is 377. The van der Waals surface area contributed by atoms with Crippen molar-refractivity contribution >= 4 is 12.0 Å². The monoisotopic (exact) mass is 282 g/mol. The lowest BCUT2D eigenvalue weighted by atomic mass is 9.77. The van der Waals surface area contributed by atoms with Crippen LogP contribution >= 0.6 is 0 Å². The quantitative estimate of drug-likeness (QED) is 0.741. The first-order chi connectivity index (χ1) is 9.30. The van der Waals surface area contributed by atoms with E-state index in [0.717, 1.165) is 45.3 Å². The van der Waals surface area contributed by atoms with Crippen LogP contribution in [0.2, 0.25) is 0 Å². The lowest BCUT2D eigenvalue weighted by Gasteiger charge is -2.34. The Morgan fingerprint density at radius 1 is 1.25 bits per heavy atom. The van der Waals surface area contributed by atoms with Gasteiger partial charge in [-0.25, -0.2) is 4.79 Å². The number of nitrogens with one attached hydrogen (secondary N) is 1. The van der Waals surface area contributed by atoms with Gasteiger partial charge in [-0.3, -0.25) is 4.79 Å². The summed E-state index contributed by atoms with van der Waals surface area (Å²) in [7, 11) is 0. The minimum absolute atomic E-state index is 0.136. The normalized spacial score (nSPS) is 23.1. The molecule has 1 N–H and O–H groups in total. The summed E-state index contributed by atoms with van der Waals surface area (Å²) in [6.45, 7) is 7.92. The molecule has 1 spiro atoms. The summed E-state index contributed by atoms with van der Waals surface area (Å²) in [5.74, 6) is 0.176. The first-order valence-electron chi connectivity index (χ1n) is 7.54. The van der Waals surface area contributed by atoms with Gasteiger partial charge >= 0.3 is 6.09 Å². The number of ether oxygens (including phenoxy) is 1. The van der Waals surface area contributed by atoms with Gasteiger partial charge in [-0.1, -0.05) is 0 Å². The second-order valence-corrected chi connectivity index (χ2v) is 7.13. The summed E-state index contributed by atoms with van der Waals surface area (Å²) in [4.78, 5) is 25.3. The van der Waals surface area contributed by atoms with Gasteiger partial charge in [0.25, 0.3) is 0 Å². The van der Waals surface area contributed by atoms with E-state index in [0.29, 0.717) is 6.42 Å². The standard InChI is InChI=1S/C15H26N2O3/c1-14(2,3)20-13(19)17-8-4-6-15(7-5-9-17)10-12(18)16-11-15/h4-11H2,1-3H3,(H,16,18). The fraction of sp³-hybridized carbons (Fsp3) is 0.867. The zero-order valence-electron chi connectivity index (χ0n) is 12.8. The van der Waals surface area contributed by atoms with Crippen LogP contribution in [0.3, 0.4) is 0 Å². The highest BCUT2D eigenvalue weighted by Crippen LogP contribution is 2.37. The van der Waals surface area contributed by atoms with Gasteiger partial charge in [0.05, 0.1) is 0 Å². The minimum atomic E-state index is -0.442. The smallest absolute Gasteiger partial charge is 0.410 e. The molecule has 2 aliphatic rings. The van der Waals surface area contributed by atoms with Gasteiger partial charge in [-0.15, -0.1) is 0 Å². The lowest BCUT2D eigenvalue weighted by molar-refractivity contribution is -0.119. The summed E-state index contributed by atoms with van der Waals surface area (Å²) in [5, 5.41) is 2.95. The second kappa shape index (κ2) is 5.62. The summed E-state index contributed by atoms with van der Waals surface area (Å²) < 4.78 is 5.43. The molecule has 0 radical (unpaired) electrons. The van der Waals surface area contributed by atoms with Crippen molar-refractivity contribution in [1.82, 2.24) is 10.2 Å². The molecule has 5 nitrogen and oxygen atoms in total. The molecule has 2 amide bonds. The van der Waals surface area contributed by atoms with E-state index in [1.165, 1.54) is 0 Å². The molecule has 20 heavy (non-hydrogen) atoms. The molecule has 2 heterocycles. The van der Waals surface area contributed by atoms with E-state index in [4.69, 9.17) is 4.74 Å². The first-order valence-corrected chi connectivity index (χ1v) is 7.54. The molecule has 0 unspecified atom stereocenters. The van der Waals surface area contributed by atoms with Crippen LogP contribution in [0, 0.1) is 5.41 Å². The van der Waals surface area contributed by atoms with Crippen LogP contribution in [0.5, 0.6) is 0 Å². The predicted molar refractivity (Wildman–Crippen MR) is 76.3 cm³/mol. The third kappa shape index (κ3) is 3.87. The molecule has 0 aromatic heterocycles. The number of carbonyl (C=O) groups is 2. The summed E-state index contributed by atoms with van der Waals surface area (Å²) in [6.07, 6.45) is 4.33. The molecule has 2 rings (SSSR count). The number of hydrogen-bond donors (Lipinski definition) is 1. The molecule has 0 atom stereocenters. The molecule has 5 heteroatoms. The number of carbonyl (C=O) groups excluding carboxylic acids is 2. The molecular formula is C15H26N2O3. The van der Waals surface area contributed by atoms with E-state index < -0.39 is 5.60 Å². The first kappa shape index (κ1) is 15.1. The van der Waals surface area contributed by atoms with Gasteiger partial charge in [0.1, 0.15) is 5.60 Å². The van der Waals surface area contributed by atoms with E-state index in [1.54, 1.807) is 0 Å². The Labute approximate surface area is 121 Å². The van der Waals surface area contributed by atoms with Crippen LogP contribution in [0.25, 0.3) is 0 Å². The third-order valence-corrected chi connectivity index (χ3v) is 4.12. The van der Waals surface area contributed by atoms with Crippen molar-refractivity contribution < 1.29 is 14.3 Å². The molecule has 0 aromatic carbocycles. The number of likely N-dealkylation sites (tertiary alicyclic amines) is 1. The highest BCUT2D eigenvalue weighted by atomic mass is 16.6. The third-order valence-electron chi connectivity index (χ3n) is 4.12. The maximum atomic E-state index is 12.1. The molecule has 2 fully saturated rings. The van der Waals surface area contributed by atoms with Gasteiger partial charge in [0, 0.05) is 26.1 Å². The van der Waals surface area contributed by atoms with E-state index in [-0.39, 0.29) is 17.4 Å². The Kier molecular flexibility index (Phi) is 4.25. The Balaban J connectivity index is 1.88. The van der Waals surface area contributed by atoms with Gasteiger partial charge in [-0.05, 0) is 51.9 Å². The highest BCUT2D eigenvalue weighted by molar-refractivity contribution is 5.79. The molecule has 0 aliphatic carbocycles. The molecule has 0 aromatic rings. The SMILES string of the molecule is CC(C)(C)OC(=O)N1CCCC2(CCC1)CNC(=O)C2. The average Bonchev–Trinajstić information content (AvgIpc) is 2.64. The summed E-state index contributed by atoms with van der Waals surface area (Å²) >= 11 is 0. The number of hydrogen-bond acceptors (Lipinski definition) is 3. The zero-order valence-corrected chi connectivity index (χ0v) is 12.8. The highest BCUT2D eigenvalue weighted by Gasteiger charge is 2.38. The van der Waals surface area contributed by atoms with Crippen LogP contribution in [0.15, 0.2) is 0 Å². The van der Waals surface area contributed by atoms with Crippen molar-refractivity contribution in [3.05, 3.63) is 0 Å². The molecular weight excluding hydrogens is 256 g/mol. The Morgan fingerprint density at radius 3 is 2.30 bits per heavy atom. The molecule has 0 bridgehead atoms. The summed E-state index contributed by atoms with van der Waals surface area (Å²) in [6, 6.07) is 0. The largest absolute Gasteiger partial charge is 0.444 e. The van der Waals surface area contributed by atoms with Crippen molar-refractivity contribution in [3.63, 3.8) is 0 Å². The molecule has 114 valence electrons. The van der Waals surface area contributed by atoms with Crippen molar-refractivity contribution in [1.29, 1.82) is 0 Å². The van der Waals surface area contributed by atoms with Crippen LogP contribution in [-0.4, -0.2) is 42.1 Å². The van der Waals surface area contributed by atoms with Gasteiger partial charge in [0.2, 0.25) is 5.91 Å². The fourth-order valence-electron chi connectivity index (χ4n) is 3.14. The van der Waals surface area contributed by atoms with Crippen molar-refractivity contribution in [2.24, 2.45) is 5.41 Å². The van der Waals surface area contributed by atoms with E-state index in [2.05, 4.69) is 5.32 Å². The Hall–Kier alpha value is -1.26. The number of nitrogens with zero attached hydrogens (tertiary/aromatic N) is 1. The van der Waals surface area contributed by atoms with E-state index in [1.807, 2.05) is 25.7 Å².